The van der Waals surface area contributed by atoms with Crippen molar-refractivity contribution in [2.75, 3.05) is 20.2 Å². The highest BCUT2D eigenvalue weighted by Gasteiger charge is 2.40. The Kier molecular flexibility index (Phi) is 8.16. The summed E-state index contributed by atoms with van der Waals surface area (Å²) in [7, 11) is 1.00. The van der Waals surface area contributed by atoms with Gasteiger partial charge >= 0.3 is 0 Å². The van der Waals surface area contributed by atoms with Crippen LogP contribution in [0.3, 0.4) is 0 Å². The Balaban J connectivity index is 0.00000137. The van der Waals surface area contributed by atoms with Gasteiger partial charge in [-0.05, 0) is 12.8 Å². The second kappa shape index (κ2) is 8.78. The van der Waals surface area contributed by atoms with E-state index >= 15 is 0 Å². The number of hydrogen-bond donors (Lipinski definition) is 1. The van der Waals surface area contributed by atoms with Crippen LogP contribution in [0.15, 0.2) is 0 Å². The summed E-state index contributed by atoms with van der Waals surface area (Å²) in [6, 6.07) is 1.78. The van der Waals surface area contributed by atoms with Crippen molar-refractivity contribution in [1.29, 1.82) is 5.26 Å². The molecule has 0 aromatic rings. The highest BCUT2D eigenvalue weighted by Crippen LogP contribution is 2.28. The quantitative estimate of drug-likeness (QED) is 0.604. The molecule has 0 aromatic heterocycles. The highest BCUT2D eigenvalue weighted by molar-refractivity contribution is 7.95. The Bertz CT molecular complexity index is 306. The Hall–Kier alpha value is -1.26. The maximum atomic E-state index is 11.7. The van der Waals surface area contributed by atoms with Crippen LogP contribution in [0.2, 0.25) is 0 Å². The third-order valence-corrected chi connectivity index (χ3v) is 3.28. The average Bonchev–Trinajstić information content (AvgIpc) is 2.39. The predicted molar refractivity (Wildman–Crippen MR) is 68.8 cm³/mol. The van der Waals surface area contributed by atoms with E-state index in [4.69, 9.17) is 10.4 Å². The van der Waals surface area contributed by atoms with Crippen molar-refractivity contribution >= 4 is 23.9 Å². The van der Waals surface area contributed by atoms with Crippen LogP contribution in [-0.2, 0) is 9.59 Å². The van der Waals surface area contributed by atoms with Gasteiger partial charge in [0.1, 0.15) is 0 Å². The SMILES string of the molecule is CCCN1SN(CCC)C(=O)C(C#N)C1=O.CO. The van der Waals surface area contributed by atoms with E-state index in [1.807, 2.05) is 13.8 Å². The van der Waals surface area contributed by atoms with Crippen LogP contribution in [0.25, 0.3) is 0 Å². The molecule has 1 aliphatic heterocycles. The van der Waals surface area contributed by atoms with Crippen LogP contribution in [0.5, 0.6) is 0 Å². The fraction of sp³-hybridized carbons (Fsp3) is 0.727. The second-order valence-corrected chi connectivity index (χ2v) is 4.57. The molecule has 7 heteroatoms. The molecule has 0 bridgehead atoms. The lowest BCUT2D eigenvalue weighted by Crippen LogP contribution is -2.48. The number of aliphatic hydroxyl groups is 1. The van der Waals surface area contributed by atoms with E-state index in [2.05, 4.69) is 0 Å². The summed E-state index contributed by atoms with van der Waals surface area (Å²) in [5.41, 5.74) is 0. The zero-order valence-corrected chi connectivity index (χ0v) is 11.7. The minimum atomic E-state index is -1.15. The third kappa shape index (κ3) is 3.89. The molecule has 0 aliphatic carbocycles. The van der Waals surface area contributed by atoms with Gasteiger partial charge in [-0.15, -0.1) is 0 Å². The van der Waals surface area contributed by atoms with Gasteiger partial charge in [0.15, 0.2) is 0 Å². The zero-order valence-electron chi connectivity index (χ0n) is 10.9. The first-order valence-electron chi connectivity index (χ1n) is 5.80. The van der Waals surface area contributed by atoms with E-state index in [-0.39, 0.29) is 11.8 Å². The first-order chi connectivity index (χ1) is 8.65. The Morgan fingerprint density at radius 3 is 1.83 bits per heavy atom. The molecule has 0 spiro atoms. The number of amides is 2. The molecular formula is C11H19N3O3S. The summed E-state index contributed by atoms with van der Waals surface area (Å²) >= 11 is 1.13. The monoisotopic (exact) mass is 273 g/mol. The van der Waals surface area contributed by atoms with E-state index in [1.165, 1.54) is 8.61 Å². The van der Waals surface area contributed by atoms with Crippen LogP contribution < -0.4 is 0 Å². The fourth-order valence-corrected chi connectivity index (χ4v) is 2.55. The fourth-order valence-electron chi connectivity index (χ4n) is 1.41. The van der Waals surface area contributed by atoms with Crippen LogP contribution >= 0.6 is 12.1 Å². The topological polar surface area (TPSA) is 84.6 Å². The molecule has 0 saturated carbocycles. The van der Waals surface area contributed by atoms with E-state index in [0.717, 1.165) is 32.1 Å². The number of carbonyl (C=O) groups excluding carboxylic acids is 2. The van der Waals surface area contributed by atoms with Crippen LogP contribution in [0.1, 0.15) is 26.7 Å². The molecule has 0 aromatic carbocycles. The van der Waals surface area contributed by atoms with Crippen molar-refractivity contribution in [2.45, 2.75) is 26.7 Å². The molecule has 1 heterocycles. The van der Waals surface area contributed by atoms with E-state index < -0.39 is 5.92 Å². The third-order valence-electron chi connectivity index (χ3n) is 2.17. The van der Waals surface area contributed by atoms with Crippen LogP contribution in [-0.4, -0.2) is 45.7 Å². The number of aliphatic hydroxyl groups excluding tert-OH is 1. The number of nitriles is 1. The van der Waals surface area contributed by atoms with Gasteiger partial charge in [-0.3, -0.25) is 18.2 Å². The second-order valence-electron chi connectivity index (χ2n) is 3.52. The van der Waals surface area contributed by atoms with Gasteiger partial charge in [0.2, 0.25) is 5.92 Å². The number of nitrogens with zero attached hydrogens (tertiary/aromatic N) is 3. The van der Waals surface area contributed by atoms with E-state index in [1.54, 1.807) is 6.07 Å². The van der Waals surface area contributed by atoms with Gasteiger partial charge in [0.25, 0.3) is 11.8 Å². The minimum Gasteiger partial charge on any atom is -0.400 e. The molecule has 1 aliphatic rings. The summed E-state index contributed by atoms with van der Waals surface area (Å²) in [5.74, 6) is -1.92. The van der Waals surface area contributed by atoms with Crippen molar-refractivity contribution in [3.05, 3.63) is 0 Å². The van der Waals surface area contributed by atoms with Crippen molar-refractivity contribution in [3.63, 3.8) is 0 Å². The predicted octanol–water partition coefficient (Wildman–Crippen LogP) is 0.789. The summed E-state index contributed by atoms with van der Waals surface area (Å²) in [6.45, 7) is 5.04. The zero-order chi connectivity index (χ0) is 14.1. The summed E-state index contributed by atoms with van der Waals surface area (Å²) in [6.07, 6.45) is 1.62. The molecular weight excluding hydrogens is 254 g/mol. The number of rotatable bonds is 4. The van der Waals surface area contributed by atoms with Crippen LogP contribution in [0, 0.1) is 17.2 Å². The molecule has 1 N–H and O–H groups in total. The molecule has 2 amide bonds. The Morgan fingerprint density at radius 1 is 1.17 bits per heavy atom. The van der Waals surface area contributed by atoms with Gasteiger partial charge in [-0.2, -0.15) is 5.26 Å². The van der Waals surface area contributed by atoms with Crippen molar-refractivity contribution in [2.24, 2.45) is 5.92 Å². The summed E-state index contributed by atoms with van der Waals surface area (Å²) in [4.78, 5) is 23.5. The standard InChI is InChI=1S/C10H15N3O2S.CH4O/c1-3-5-12-9(14)8(7-11)10(15)13(16-12)6-4-2;1-2/h8H,3-6H2,1-2H3;2H,1H3. The normalized spacial score (nSPS) is 16.2. The molecule has 0 radical (unpaired) electrons. The summed E-state index contributed by atoms with van der Waals surface area (Å²) < 4.78 is 3.01. The molecule has 1 rings (SSSR count). The number of carbonyl (C=O) groups is 2. The largest absolute Gasteiger partial charge is 0.400 e. The van der Waals surface area contributed by atoms with E-state index in [9.17, 15) is 9.59 Å². The lowest BCUT2D eigenvalue weighted by atomic mass is 10.1. The van der Waals surface area contributed by atoms with Crippen LogP contribution in [0.4, 0.5) is 0 Å². The highest BCUT2D eigenvalue weighted by atomic mass is 32.2. The van der Waals surface area contributed by atoms with Gasteiger partial charge in [-0.25, -0.2) is 0 Å². The molecule has 1 saturated heterocycles. The molecule has 0 atom stereocenters. The average molecular weight is 273 g/mol. The minimum absolute atomic E-state index is 0.383. The van der Waals surface area contributed by atoms with Gasteiger partial charge < -0.3 is 5.11 Å². The molecule has 18 heavy (non-hydrogen) atoms. The molecule has 1 fully saturated rings. The maximum absolute atomic E-state index is 11.7. The first kappa shape index (κ1) is 16.7. The molecule has 6 nitrogen and oxygen atoms in total. The maximum Gasteiger partial charge on any atom is 0.260 e. The van der Waals surface area contributed by atoms with Crippen molar-refractivity contribution in [1.82, 2.24) is 8.61 Å². The van der Waals surface area contributed by atoms with E-state index in [0.29, 0.717) is 13.1 Å². The lowest BCUT2D eigenvalue weighted by molar-refractivity contribution is -0.141. The van der Waals surface area contributed by atoms with Gasteiger partial charge in [0.05, 0.1) is 18.2 Å². The molecule has 102 valence electrons. The lowest BCUT2D eigenvalue weighted by Gasteiger charge is -2.34. The first-order valence-corrected chi connectivity index (χ1v) is 6.53. The molecule has 0 unspecified atom stereocenters. The Morgan fingerprint density at radius 2 is 1.56 bits per heavy atom. The van der Waals surface area contributed by atoms with Gasteiger partial charge in [-0.1, -0.05) is 13.8 Å². The van der Waals surface area contributed by atoms with Gasteiger partial charge in [0, 0.05) is 20.2 Å². The Labute approximate surface area is 112 Å². The van der Waals surface area contributed by atoms with Crippen molar-refractivity contribution < 1.29 is 14.7 Å². The smallest absolute Gasteiger partial charge is 0.260 e. The number of hydrogen-bond acceptors (Lipinski definition) is 5. The van der Waals surface area contributed by atoms with Crippen molar-refractivity contribution in [3.8, 4) is 6.07 Å². The summed E-state index contributed by atoms with van der Waals surface area (Å²) in [5, 5.41) is 15.8.